The molecule has 0 atom stereocenters. The number of amides is 2. The molecule has 8 nitrogen and oxygen atoms in total. The van der Waals surface area contributed by atoms with Crippen LogP contribution in [0.3, 0.4) is 0 Å². The number of Topliss-reactive ketones (excluding diaryl/α,β-unsaturated/α-hetero) is 2. The number of hydrogen-bond acceptors (Lipinski definition) is 5. The second-order valence-electron chi connectivity index (χ2n) is 6.52. The van der Waals surface area contributed by atoms with E-state index in [1.165, 1.54) is 12.2 Å². The molecular formula is C20H22N4O4. The van der Waals surface area contributed by atoms with Crippen LogP contribution in [0.2, 0.25) is 0 Å². The van der Waals surface area contributed by atoms with Gasteiger partial charge in [0, 0.05) is 48.4 Å². The lowest BCUT2D eigenvalue weighted by Crippen LogP contribution is -2.32. The van der Waals surface area contributed by atoms with Crippen molar-refractivity contribution in [2.75, 3.05) is 6.54 Å². The van der Waals surface area contributed by atoms with Crippen LogP contribution in [0.5, 0.6) is 0 Å². The molecule has 1 aromatic rings. The molecule has 1 aliphatic rings. The highest BCUT2D eigenvalue weighted by Gasteiger charge is 2.23. The van der Waals surface area contributed by atoms with Crippen molar-refractivity contribution in [3.63, 3.8) is 0 Å². The standard InChI is InChI=1S/C20H22N4O4/c21-23-22-14-15-6-8-16(9-7-15)18(26)5-3-1-2-4-17(25)12-13-24-19(27)10-11-20(24)28/h6-11H,1-5,12-14H2. The second-order valence-corrected chi connectivity index (χ2v) is 6.52. The van der Waals surface area contributed by atoms with Crippen LogP contribution in [0, 0.1) is 0 Å². The number of imide groups is 1. The summed E-state index contributed by atoms with van der Waals surface area (Å²) < 4.78 is 0. The number of unbranched alkanes of at least 4 members (excludes halogenated alkanes) is 2. The van der Waals surface area contributed by atoms with Crippen LogP contribution in [0.1, 0.15) is 54.4 Å². The molecule has 1 aliphatic heterocycles. The number of carbonyl (C=O) groups excluding carboxylic acids is 4. The van der Waals surface area contributed by atoms with Crippen molar-refractivity contribution in [2.45, 2.75) is 45.1 Å². The molecule has 0 radical (unpaired) electrons. The summed E-state index contributed by atoms with van der Waals surface area (Å²) in [5.74, 6) is -0.695. The Labute approximate surface area is 162 Å². The lowest BCUT2D eigenvalue weighted by atomic mass is 10.0. The van der Waals surface area contributed by atoms with Crippen LogP contribution in [-0.2, 0) is 20.9 Å². The van der Waals surface area contributed by atoms with Gasteiger partial charge in [-0.3, -0.25) is 24.1 Å². The maximum atomic E-state index is 12.2. The highest BCUT2D eigenvalue weighted by Crippen LogP contribution is 2.12. The lowest BCUT2D eigenvalue weighted by Gasteiger charge is -2.12. The van der Waals surface area contributed by atoms with E-state index in [2.05, 4.69) is 10.0 Å². The highest BCUT2D eigenvalue weighted by atomic mass is 16.2. The average Bonchev–Trinajstić information content (AvgIpc) is 3.02. The fourth-order valence-electron chi connectivity index (χ4n) is 2.85. The second kappa shape index (κ2) is 10.8. The third-order valence-corrected chi connectivity index (χ3v) is 4.47. The van der Waals surface area contributed by atoms with Gasteiger partial charge in [-0.25, -0.2) is 0 Å². The molecule has 0 aliphatic carbocycles. The highest BCUT2D eigenvalue weighted by molar-refractivity contribution is 6.13. The minimum Gasteiger partial charge on any atom is -0.300 e. The van der Waals surface area contributed by atoms with Gasteiger partial charge >= 0.3 is 0 Å². The van der Waals surface area contributed by atoms with E-state index >= 15 is 0 Å². The van der Waals surface area contributed by atoms with Crippen molar-refractivity contribution in [3.05, 3.63) is 58.0 Å². The maximum absolute atomic E-state index is 12.2. The Hall–Kier alpha value is -3.25. The molecule has 0 unspecified atom stereocenters. The van der Waals surface area contributed by atoms with Gasteiger partial charge in [0.05, 0.1) is 6.54 Å². The van der Waals surface area contributed by atoms with E-state index in [-0.39, 0.29) is 42.9 Å². The molecule has 0 saturated carbocycles. The minimum absolute atomic E-state index is 0.00874. The molecule has 0 aromatic heterocycles. The number of benzene rings is 1. The molecule has 146 valence electrons. The summed E-state index contributed by atoms with van der Waals surface area (Å²) in [6.45, 7) is 0.382. The van der Waals surface area contributed by atoms with Crippen LogP contribution < -0.4 is 0 Å². The number of carbonyl (C=O) groups is 4. The lowest BCUT2D eigenvalue weighted by molar-refractivity contribution is -0.137. The average molecular weight is 382 g/mol. The summed E-state index contributed by atoms with van der Waals surface area (Å²) in [4.78, 5) is 50.6. The van der Waals surface area contributed by atoms with Gasteiger partial charge in [-0.1, -0.05) is 35.8 Å². The summed E-state index contributed by atoms with van der Waals surface area (Å²) in [5.41, 5.74) is 9.77. The Kier molecular flexibility index (Phi) is 8.11. The molecule has 0 N–H and O–H groups in total. The first kappa shape index (κ1) is 21.1. The summed E-state index contributed by atoms with van der Waals surface area (Å²) in [7, 11) is 0. The monoisotopic (exact) mass is 382 g/mol. The van der Waals surface area contributed by atoms with Gasteiger partial charge in [0.15, 0.2) is 5.78 Å². The Morgan fingerprint density at radius 2 is 1.57 bits per heavy atom. The van der Waals surface area contributed by atoms with Crippen LogP contribution in [0.4, 0.5) is 0 Å². The van der Waals surface area contributed by atoms with E-state index in [0.29, 0.717) is 31.2 Å². The van der Waals surface area contributed by atoms with E-state index in [9.17, 15) is 19.2 Å². The first-order valence-electron chi connectivity index (χ1n) is 9.19. The largest absolute Gasteiger partial charge is 0.300 e. The number of azide groups is 1. The van der Waals surface area contributed by atoms with Crippen LogP contribution >= 0.6 is 0 Å². The minimum atomic E-state index is -0.373. The number of hydrogen-bond donors (Lipinski definition) is 0. The zero-order valence-corrected chi connectivity index (χ0v) is 15.5. The molecule has 0 bridgehead atoms. The van der Waals surface area contributed by atoms with Crippen molar-refractivity contribution in [1.29, 1.82) is 0 Å². The van der Waals surface area contributed by atoms with Crippen molar-refractivity contribution in [2.24, 2.45) is 5.11 Å². The maximum Gasteiger partial charge on any atom is 0.253 e. The van der Waals surface area contributed by atoms with E-state index in [1.807, 2.05) is 0 Å². The van der Waals surface area contributed by atoms with Crippen molar-refractivity contribution in [3.8, 4) is 0 Å². The molecule has 1 heterocycles. The van der Waals surface area contributed by atoms with Crippen molar-refractivity contribution >= 4 is 23.4 Å². The number of nitrogens with zero attached hydrogens (tertiary/aromatic N) is 4. The molecule has 2 rings (SSSR count). The zero-order chi connectivity index (χ0) is 20.4. The molecule has 2 amide bonds. The first-order chi connectivity index (χ1) is 13.5. The summed E-state index contributed by atoms with van der Waals surface area (Å²) in [5, 5.41) is 3.47. The molecule has 0 saturated heterocycles. The van der Waals surface area contributed by atoms with Gasteiger partial charge in [-0.2, -0.15) is 0 Å². The quantitative estimate of drug-likeness (QED) is 0.137. The molecular weight excluding hydrogens is 360 g/mol. The predicted octanol–water partition coefficient (Wildman–Crippen LogP) is 3.51. The zero-order valence-electron chi connectivity index (χ0n) is 15.5. The van der Waals surface area contributed by atoms with E-state index in [1.54, 1.807) is 24.3 Å². The van der Waals surface area contributed by atoms with Crippen LogP contribution in [-0.4, -0.2) is 34.8 Å². The fraction of sp³-hybridized carbons (Fsp3) is 0.400. The van der Waals surface area contributed by atoms with Crippen molar-refractivity contribution in [1.82, 2.24) is 4.90 Å². The molecule has 28 heavy (non-hydrogen) atoms. The predicted molar refractivity (Wildman–Crippen MR) is 102 cm³/mol. The number of ketones is 2. The Bertz CT molecular complexity index is 805. The van der Waals surface area contributed by atoms with Crippen LogP contribution in [0.25, 0.3) is 10.4 Å². The SMILES string of the molecule is [N-]=[N+]=NCc1ccc(C(=O)CCCCCC(=O)CCN2C(=O)C=CC2=O)cc1. The fourth-order valence-corrected chi connectivity index (χ4v) is 2.85. The van der Waals surface area contributed by atoms with Gasteiger partial charge < -0.3 is 0 Å². The molecule has 8 heteroatoms. The van der Waals surface area contributed by atoms with Gasteiger partial charge in [-0.15, -0.1) is 0 Å². The van der Waals surface area contributed by atoms with Crippen molar-refractivity contribution < 1.29 is 19.2 Å². The third kappa shape index (κ3) is 6.48. The molecule has 0 spiro atoms. The summed E-state index contributed by atoms with van der Waals surface area (Å²) >= 11 is 0. The van der Waals surface area contributed by atoms with Gasteiger partial charge in [-0.05, 0) is 23.9 Å². The smallest absolute Gasteiger partial charge is 0.253 e. The Balaban J connectivity index is 1.59. The van der Waals surface area contributed by atoms with Gasteiger partial charge in [0.2, 0.25) is 0 Å². The Morgan fingerprint density at radius 1 is 0.929 bits per heavy atom. The molecule has 1 aromatic carbocycles. The normalized spacial score (nSPS) is 12.9. The van der Waals surface area contributed by atoms with Gasteiger partial charge in [0.25, 0.3) is 11.8 Å². The van der Waals surface area contributed by atoms with E-state index in [4.69, 9.17) is 5.53 Å². The third-order valence-electron chi connectivity index (χ3n) is 4.47. The Morgan fingerprint density at radius 3 is 2.21 bits per heavy atom. The van der Waals surface area contributed by atoms with E-state index < -0.39 is 0 Å². The van der Waals surface area contributed by atoms with E-state index in [0.717, 1.165) is 16.9 Å². The topological polar surface area (TPSA) is 120 Å². The number of rotatable bonds is 12. The summed E-state index contributed by atoms with van der Waals surface area (Å²) in [6.07, 6.45) is 5.50. The van der Waals surface area contributed by atoms with Gasteiger partial charge in [0.1, 0.15) is 5.78 Å². The van der Waals surface area contributed by atoms with Crippen LogP contribution in [0.15, 0.2) is 41.5 Å². The summed E-state index contributed by atoms with van der Waals surface area (Å²) in [6, 6.07) is 6.99. The molecule has 0 fully saturated rings. The first-order valence-corrected chi connectivity index (χ1v) is 9.19.